The minimum atomic E-state index is -0.459. The summed E-state index contributed by atoms with van der Waals surface area (Å²) in [6.45, 7) is 6.84. The van der Waals surface area contributed by atoms with E-state index >= 15 is 0 Å². The number of nitrogens with one attached hydrogen (secondary N) is 2. The summed E-state index contributed by atoms with van der Waals surface area (Å²) in [5.74, 6) is -0.385. The fourth-order valence-corrected chi connectivity index (χ4v) is 4.63. The monoisotopic (exact) mass is 466 g/mol. The van der Waals surface area contributed by atoms with Gasteiger partial charge in [0.25, 0.3) is 11.8 Å². The van der Waals surface area contributed by atoms with Crippen LogP contribution in [0.1, 0.15) is 48.2 Å². The van der Waals surface area contributed by atoms with Crippen molar-refractivity contribution in [2.45, 2.75) is 58.0 Å². The second kappa shape index (κ2) is 11.0. The minimum Gasteiger partial charge on any atom is -0.377 e. The van der Waals surface area contributed by atoms with Gasteiger partial charge in [0.15, 0.2) is 0 Å². The van der Waals surface area contributed by atoms with Crippen LogP contribution in [0.15, 0.2) is 42.5 Å². The molecular formula is C26H34N4O4. The molecule has 0 bridgehead atoms. The molecule has 2 aliphatic heterocycles. The highest BCUT2D eigenvalue weighted by atomic mass is 16.5. The van der Waals surface area contributed by atoms with Gasteiger partial charge in [-0.15, -0.1) is 0 Å². The quantitative estimate of drug-likeness (QED) is 0.580. The van der Waals surface area contributed by atoms with Crippen molar-refractivity contribution in [3.05, 3.63) is 59.2 Å². The van der Waals surface area contributed by atoms with Gasteiger partial charge in [0, 0.05) is 37.3 Å². The number of nitrogens with zero attached hydrogens (tertiary/aromatic N) is 1. The third-order valence-electron chi connectivity index (χ3n) is 6.36. The zero-order chi connectivity index (χ0) is 24.1. The molecule has 182 valence electrons. The number of hydrogen-bond acceptors (Lipinski definition) is 6. The first-order chi connectivity index (χ1) is 16.5. The lowest BCUT2D eigenvalue weighted by atomic mass is 10.1. The van der Waals surface area contributed by atoms with E-state index in [9.17, 15) is 9.59 Å². The summed E-state index contributed by atoms with van der Waals surface area (Å²) >= 11 is 0. The first-order valence-electron chi connectivity index (χ1n) is 11.9. The van der Waals surface area contributed by atoms with Gasteiger partial charge in [-0.2, -0.15) is 0 Å². The van der Waals surface area contributed by atoms with Gasteiger partial charge in [-0.25, -0.2) is 0 Å². The van der Waals surface area contributed by atoms with Gasteiger partial charge in [0.05, 0.1) is 24.6 Å². The van der Waals surface area contributed by atoms with Gasteiger partial charge in [-0.05, 0) is 56.0 Å². The lowest BCUT2D eigenvalue weighted by molar-refractivity contribution is -0.124. The second-order valence-electron chi connectivity index (χ2n) is 9.07. The first-order valence-corrected chi connectivity index (χ1v) is 11.9. The summed E-state index contributed by atoms with van der Waals surface area (Å²) in [5, 5.41) is 6.00. The number of anilines is 2. The molecule has 3 unspecified atom stereocenters. The Morgan fingerprint density at radius 3 is 2.56 bits per heavy atom. The average Bonchev–Trinajstić information content (AvgIpc) is 3.38. The molecule has 2 amide bonds. The number of benzene rings is 2. The number of nitrogens with two attached hydrogens (primary N) is 1. The minimum absolute atomic E-state index is 0.136. The average molecular weight is 467 g/mol. The Bertz CT molecular complexity index is 1010. The third kappa shape index (κ3) is 5.58. The third-order valence-corrected chi connectivity index (χ3v) is 6.36. The van der Waals surface area contributed by atoms with Crippen molar-refractivity contribution < 1.29 is 19.1 Å². The lowest BCUT2D eigenvalue weighted by Gasteiger charge is -2.41. The molecule has 2 fully saturated rings. The van der Waals surface area contributed by atoms with E-state index in [1.807, 2.05) is 30.3 Å². The highest BCUT2D eigenvalue weighted by molar-refractivity contribution is 6.01. The highest BCUT2D eigenvalue weighted by Crippen LogP contribution is 2.33. The van der Waals surface area contributed by atoms with E-state index in [0.29, 0.717) is 50.6 Å². The van der Waals surface area contributed by atoms with Gasteiger partial charge in [-0.3, -0.25) is 9.59 Å². The van der Waals surface area contributed by atoms with Crippen LogP contribution in [-0.4, -0.2) is 49.8 Å². The normalized spacial score (nSPS) is 22.4. The van der Waals surface area contributed by atoms with E-state index in [2.05, 4.69) is 29.4 Å². The molecule has 2 aliphatic rings. The maximum atomic E-state index is 13.0. The Morgan fingerprint density at radius 2 is 1.85 bits per heavy atom. The van der Waals surface area contributed by atoms with Crippen molar-refractivity contribution in [3.63, 3.8) is 0 Å². The Kier molecular flexibility index (Phi) is 7.82. The summed E-state index contributed by atoms with van der Waals surface area (Å²) < 4.78 is 11.2. The fraction of sp³-hybridized carbons (Fsp3) is 0.462. The summed E-state index contributed by atoms with van der Waals surface area (Å²) in [5.41, 5.74) is 9.69. The Balaban J connectivity index is 1.56. The predicted molar refractivity (Wildman–Crippen MR) is 132 cm³/mol. The largest absolute Gasteiger partial charge is 0.377 e. The Hall–Kier alpha value is -2.94. The van der Waals surface area contributed by atoms with Crippen molar-refractivity contribution in [2.24, 2.45) is 5.73 Å². The molecule has 2 saturated heterocycles. The van der Waals surface area contributed by atoms with E-state index in [4.69, 9.17) is 15.2 Å². The molecule has 0 radical (unpaired) electrons. The maximum absolute atomic E-state index is 13.0. The molecule has 0 aromatic heterocycles. The highest BCUT2D eigenvalue weighted by Gasteiger charge is 2.30. The van der Waals surface area contributed by atoms with Gasteiger partial charge in [0.1, 0.15) is 6.10 Å². The van der Waals surface area contributed by atoms with Crippen LogP contribution in [0, 0.1) is 0 Å². The van der Waals surface area contributed by atoms with Gasteiger partial charge >= 0.3 is 0 Å². The SMILES string of the molecule is CC1COCC(C)N1c1ccc(C(=O)NCc2cccc(CN)c2)cc1NC(=O)C1CCCO1. The second-order valence-corrected chi connectivity index (χ2v) is 9.07. The smallest absolute Gasteiger partial charge is 0.253 e. The van der Waals surface area contributed by atoms with Crippen LogP contribution in [0.5, 0.6) is 0 Å². The van der Waals surface area contributed by atoms with Gasteiger partial charge in [-0.1, -0.05) is 24.3 Å². The standard InChI is InChI=1S/C26H34N4O4/c1-17-15-33-16-18(2)30(17)23-9-8-21(12-22(23)29-26(32)24-7-4-10-34-24)25(31)28-14-20-6-3-5-19(11-20)13-27/h3,5-6,8-9,11-12,17-18,24H,4,7,10,13-16,27H2,1-2H3,(H,28,31)(H,29,32). The summed E-state index contributed by atoms with van der Waals surface area (Å²) in [6.07, 6.45) is 1.11. The van der Waals surface area contributed by atoms with Crippen LogP contribution in [0.4, 0.5) is 11.4 Å². The maximum Gasteiger partial charge on any atom is 0.253 e. The Labute approximate surface area is 200 Å². The van der Waals surface area contributed by atoms with Crippen molar-refractivity contribution in [1.29, 1.82) is 0 Å². The molecule has 0 aliphatic carbocycles. The van der Waals surface area contributed by atoms with Crippen LogP contribution in [0.25, 0.3) is 0 Å². The molecule has 4 rings (SSSR count). The molecule has 4 N–H and O–H groups in total. The number of morpholine rings is 1. The number of carbonyl (C=O) groups excluding carboxylic acids is 2. The van der Waals surface area contributed by atoms with Crippen LogP contribution in [-0.2, 0) is 27.4 Å². The van der Waals surface area contributed by atoms with Crippen molar-refractivity contribution in [1.82, 2.24) is 5.32 Å². The van der Waals surface area contributed by atoms with E-state index in [0.717, 1.165) is 23.2 Å². The predicted octanol–water partition coefficient (Wildman–Crippen LogP) is 2.81. The number of carbonyl (C=O) groups is 2. The molecule has 2 aromatic carbocycles. The summed E-state index contributed by atoms with van der Waals surface area (Å²) in [6, 6.07) is 13.6. The summed E-state index contributed by atoms with van der Waals surface area (Å²) in [4.78, 5) is 28.1. The molecular weight excluding hydrogens is 432 g/mol. The number of hydrogen-bond donors (Lipinski definition) is 3. The first kappa shape index (κ1) is 24.2. The van der Waals surface area contributed by atoms with E-state index in [1.54, 1.807) is 12.1 Å². The topological polar surface area (TPSA) is 106 Å². The van der Waals surface area contributed by atoms with Crippen LogP contribution in [0.2, 0.25) is 0 Å². The van der Waals surface area contributed by atoms with Crippen molar-refractivity contribution >= 4 is 23.2 Å². The molecule has 8 heteroatoms. The van der Waals surface area contributed by atoms with Crippen molar-refractivity contribution in [2.75, 3.05) is 30.0 Å². The molecule has 2 heterocycles. The molecule has 2 aromatic rings. The van der Waals surface area contributed by atoms with E-state index in [-0.39, 0.29) is 23.9 Å². The Morgan fingerprint density at radius 1 is 1.09 bits per heavy atom. The fourth-order valence-electron chi connectivity index (χ4n) is 4.63. The molecule has 3 atom stereocenters. The van der Waals surface area contributed by atoms with Crippen LogP contribution < -0.4 is 21.3 Å². The molecule has 0 saturated carbocycles. The number of rotatable bonds is 7. The molecule has 8 nitrogen and oxygen atoms in total. The van der Waals surface area contributed by atoms with E-state index < -0.39 is 6.10 Å². The van der Waals surface area contributed by atoms with Gasteiger partial charge in [0.2, 0.25) is 0 Å². The number of amides is 2. The van der Waals surface area contributed by atoms with Gasteiger partial charge < -0.3 is 30.7 Å². The lowest BCUT2D eigenvalue weighted by Crippen LogP contribution is -2.50. The zero-order valence-corrected chi connectivity index (χ0v) is 19.9. The van der Waals surface area contributed by atoms with Crippen LogP contribution in [0.3, 0.4) is 0 Å². The van der Waals surface area contributed by atoms with Crippen molar-refractivity contribution in [3.8, 4) is 0 Å². The molecule has 34 heavy (non-hydrogen) atoms. The zero-order valence-electron chi connectivity index (χ0n) is 19.9. The van der Waals surface area contributed by atoms with E-state index in [1.165, 1.54) is 0 Å². The summed E-state index contributed by atoms with van der Waals surface area (Å²) in [7, 11) is 0. The number of ether oxygens (including phenoxy) is 2. The molecule has 0 spiro atoms. The van der Waals surface area contributed by atoms with Crippen LogP contribution >= 0.6 is 0 Å².